The predicted molar refractivity (Wildman–Crippen MR) is 91.7 cm³/mol. The molecule has 0 amide bonds. The number of imidazole rings is 1. The van der Waals surface area contributed by atoms with Crippen LogP contribution >= 0.6 is 0 Å². The molecule has 1 aliphatic heterocycles. The van der Waals surface area contributed by atoms with E-state index in [1.165, 1.54) is 6.33 Å². The van der Waals surface area contributed by atoms with Crippen LogP contribution in [0.5, 0.6) is 0 Å². The maximum atomic E-state index is 5.25. The van der Waals surface area contributed by atoms with Gasteiger partial charge in [0.15, 0.2) is 5.65 Å². The molecule has 4 aromatic heterocycles. The normalized spacial score (nSPS) is 15.4. The smallest absolute Gasteiger partial charge is 0.263 e. The zero-order valence-corrected chi connectivity index (χ0v) is 13.7. The first-order valence-electron chi connectivity index (χ1n) is 8.17. The Morgan fingerprint density at radius 3 is 2.72 bits per heavy atom. The molecular formula is C16H16N8O. The molecule has 126 valence electrons. The van der Waals surface area contributed by atoms with E-state index in [0.29, 0.717) is 5.71 Å². The van der Waals surface area contributed by atoms with Crippen molar-refractivity contribution < 1.29 is 4.52 Å². The molecule has 9 nitrogen and oxygen atoms in total. The lowest BCUT2D eigenvalue weighted by Gasteiger charge is -2.36. The summed E-state index contributed by atoms with van der Waals surface area (Å²) in [5, 5.41) is 9.52. The number of fused-ring (bicyclic) bond motifs is 2. The fourth-order valence-corrected chi connectivity index (χ4v) is 3.26. The van der Waals surface area contributed by atoms with E-state index in [9.17, 15) is 0 Å². The Labute approximate surface area is 142 Å². The maximum Gasteiger partial charge on any atom is 0.263 e. The number of piperazine rings is 1. The van der Waals surface area contributed by atoms with Gasteiger partial charge in [-0.05, 0) is 19.1 Å². The van der Waals surface area contributed by atoms with Gasteiger partial charge in [0.25, 0.3) is 5.71 Å². The topological polar surface area (TPSA) is 88.5 Å². The molecule has 0 unspecified atom stereocenters. The summed E-state index contributed by atoms with van der Waals surface area (Å²) >= 11 is 0. The van der Waals surface area contributed by atoms with Crippen LogP contribution in [0.4, 0.5) is 11.6 Å². The zero-order valence-electron chi connectivity index (χ0n) is 13.7. The second kappa shape index (κ2) is 5.40. The number of aryl methyl sites for hydroxylation is 1. The van der Waals surface area contributed by atoms with Crippen LogP contribution in [0.15, 0.2) is 35.4 Å². The Hall–Kier alpha value is -3.23. The van der Waals surface area contributed by atoms with Gasteiger partial charge in [-0.3, -0.25) is 0 Å². The molecule has 0 aliphatic carbocycles. The van der Waals surface area contributed by atoms with Crippen LogP contribution in [0.25, 0.3) is 16.7 Å². The fourth-order valence-electron chi connectivity index (χ4n) is 3.26. The van der Waals surface area contributed by atoms with Crippen molar-refractivity contribution in [3.05, 3.63) is 36.5 Å². The van der Waals surface area contributed by atoms with Crippen molar-refractivity contribution in [1.82, 2.24) is 29.7 Å². The summed E-state index contributed by atoms with van der Waals surface area (Å²) in [5.41, 5.74) is 2.21. The van der Waals surface area contributed by atoms with Crippen LogP contribution in [0.1, 0.15) is 5.69 Å². The third kappa shape index (κ3) is 2.27. The summed E-state index contributed by atoms with van der Waals surface area (Å²) in [6, 6.07) is 4.01. The molecule has 0 spiro atoms. The van der Waals surface area contributed by atoms with Crippen molar-refractivity contribution in [3.8, 4) is 0 Å². The van der Waals surface area contributed by atoms with Gasteiger partial charge >= 0.3 is 0 Å². The Kier molecular flexibility index (Phi) is 3.06. The molecular weight excluding hydrogens is 320 g/mol. The summed E-state index contributed by atoms with van der Waals surface area (Å²) < 4.78 is 7.05. The molecule has 1 fully saturated rings. The number of hydrogen-bond acceptors (Lipinski definition) is 8. The van der Waals surface area contributed by atoms with Crippen molar-refractivity contribution in [1.29, 1.82) is 0 Å². The van der Waals surface area contributed by atoms with Gasteiger partial charge in [0.05, 0.1) is 5.69 Å². The minimum Gasteiger partial charge on any atom is -0.352 e. The van der Waals surface area contributed by atoms with Crippen LogP contribution in [0.3, 0.4) is 0 Å². The van der Waals surface area contributed by atoms with Crippen molar-refractivity contribution in [2.75, 3.05) is 36.0 Å². The molecule has 0 radical (unpaired) electrons. The van der Waals surface area contributed by atoms with Crippen LogP contribution in [0, 0.1) is 6.92 Å². The molecule has 5 heterocycles. The third-order valence-electron chi connectivity index (χ3n) is 4.57. The minimum atomic E-state index is 0.539. The highest BCUT2D eigenvalue weighted by atomic mass is 16.5. The molecule has 1 aliphatic rings. The number of nitrogens with zero attached hydrogens (tertiary/aromatic N) is 8. The van der Waals surface area contributed by atoms with Gasteiger partial charge in [0, 0.05) is 38.6 Å². The quantitative estimate of drug-likeness (QED) is 0.541. The lowest BCUT2D eigenvalue weighted by atomic mass is 10.2. The molecule has 9 heteroatoms. The highest BCUT2D eigenvalue weighted by molar-refractivity contribution is 5.87. The second-order valence-corrected chi connectivity index (χ2v) is 6.04. The summed E-state index contributed by atoms with van der Waals surface area (Å²) in [7, 11) is 0. The first kappa shape index (κ1) is 14.1. The third-order valence-corrected chi connectivity index (χ3v) is 4.57. The van der Waals surface area contributed by atoms with Gasteiger partial charge < -0.3 is 14.3 Å². The summed E-state index contributed by atoms with van der Waals surface area (Å²) in [6.07, 6.45) is 5.15. The molecule has 5 rings (SSSR count). The van der Waals surface area contributed by atoms with E-state index in [4.69, 9.17) is 4.52 Å². The zero-order chi connectivity index (χ0) is 16.8. The van der Waals surface area contributed by atoms with Crippen molar-refractivity contribution in [3.63, 3.8) is 0 Å². The average molecular weight is 336 g/mol. The van der Waals surface area contributed by atoms with E-state index in [0.717, 1.165) is 54.5 Å². The van der Waals surface area contributed by atoms with E-state index in [-0.39, 0.29) is 0 Å². The Bertz CT molecular complexity index is 1050. The predicted octanol–water partition coefficient (Wildman–Crippen LogP) is 1.30. The Morgan fingerprint density at radius 2 is 1.84 bits per heavy atom. The summed E-state index contributed by atoms with van der Waals surface area (Å²) in [4.78, 5) is 17.4. The lowest BCUT2D eigenvalue weighted by Crippen LogP contribution is -2.47. The molecule has 25 heavy (non-hydrogen) atoms. The van der Waals surface area contributed by atoms with E-state index in [1.54, 1.807) is 10.7 Å². The van der Waals surface area contributed by atoms with Crippen molar-refractivity contribution in [2.45, 2.75) is 6.92 Å². The van der Waals surface area contributed by atoms with Crippen LogP contribution in [-0.2, 0) is 0 Å². The van der Waals surface area contributed by atoms with Gasteiger partial charge in [-0.25, -0.2) is 14.5 Å². The molecule has 0 aromatic carbocycles. The summed E-state index contributed by atoms with van der Waals surface area (Å²) in [5.74, 6) is 1.85. The van der Waals surface area contributed by atoms with Crippen LogP contribution < -0.4 is 9.80 Å². The first-order valence-corrected chi connectivity index (χ1v) is 8.17. The van der Waals surface area contributed by atoms with Crippen molar-refractivity contribution >= 4 is 28.4 Å². The van der Waals surface area contributed by atoms with E-state index in [2.05, 4.69) is 35.0 Å². The Morgan fingerprint density at radius 1 is 1.00 bits per heavy atom. The Balaban J connectivity index is 1.39. The molecule has 0 bridgehead atoms. The minimum absolute atomic E-state index is 0.539. The van der Waals surface area contributed by atoms with Gasteiger partial charge in [-0.15, -0.1) is 5.10 Å². The number of aromatic nitrogens is 6. The van der Waals surface area contributed by atoms with Gasteiger partial charge in [0.2, 0.25) is 0 Å². The van der Waals surface area contributed by atoms with E-state index in [1.807, 2.05) is 25.3 Å². The van der Waals surface area contributed by atoms with E-state index < -0.39 is 0 Å². The highest BCUT2D eigenvalue weighted by Gasteiger charge is 2.23. The maximum absolute atomic E-state index is 5.25. The highest BCUT2D eigenvalue weighted by Crippen LogP contribution is 2.27. The number of hydrogen-bond donors (Lipinski definition) is 0. The standard InChI is InChI=1S/C16H16N8O/c1-11-14-15(18-10-19-16(14)25-21-11)23-8-6-22(7-9-23)13-3-2-12-17-4-5-24(12)20-13/h2-5,10H,6-9H2,1H3. The first-order chi connectivity index (χ1) is 12.3. The second-order valence-electron chi connectivity index (χ2n) is 6.04. The number of anilines is 2. The fraction of sp³-hybridized carbons (Fsp3) is 0.312. The monoisotopic (exact) mass is 336 g/mol. The van der Waals surface area contributed by atoms with Crippen LogP contribution in [0.2, 0.25) is 0 Å². The molecule has 0 N–H and O–H groups in total. The largest absolute Gasteiger partial charge is 0.352 e. The lowest BCUT2D eigenvalue weighted by molar-refractivity contribution is 0.442. The average Bonchev–Trinajstić information content (AvgIpc) is 3.28. The SMILES string of the molecule is Cc1noc2ncnc(N3CCN(c4ccc5nccn5n4)CC3)c12. The molecule has 0 saturated carbocycles. The summed E-state index contributed by atoms with van der Waals surface area (Å²) in [6.45, 7) is 5.34. The molecule has 1 saturated heterocycles. The van der Waals surface area contributed by atoms with Gasteiger partial charge in [-0.2, -0.15) is 4.98 Å². The van der Waals surface area contributed by atoms with Crippen molar-refractivity contribution in [2.24, 2.45) is 0 Å². The number of rotatable bonds is 2. The van der Waals surface area contributed by atoms with E-state index >= 15 is 0 Å². The molecule has 0 atom stereocenters. The van der Waals surface area contributed by atoms with Crippen LogP contribution in [-0.4, -0.2) is 55.9 Å². The van der Waals surface area contributed by atoms with Gasteiger partial charge in [0.1, 0.15) is 23.3 Å². The molecule has 4 aromatic rings. The van der Waals surface area contributed by atoms with Gasteiger partial charge in [-0.1, -0.05) is 5.16 Å².